The second-order valence-corrected chi connectivity index (χ2v) is 10.1. The first-order valence-electron chi connectivity index (χ1n) is 11.8. The fraction of sp³-hybridized carbons (Fsp3) is 0.538. The number of nitro groups is 1. The van der Waals surface area contributed by atoms with Gasteiger partial charge in [-0.05, 0) is 91.0 Å². The van der Waals surface area contributed by atoms with E-state index in [0.717, 1.165) is 18.6 Å². The molecule has 2 fully saturated rings. The van der Waals surface area contributed by atoms with E-state index in [1.165, 1.54) is 55.0 Å². The van der Waals surface area contributed by atoms with Crippen molar-refractivity contribution in [3.8, 4) is 11.5 Å². The van der Waals surface area contributed by atoms with Crippen LogP contribution in [0.1, 0.15) is 61.6 Å². The van der Waals surface area contributed by atoms with Crippen molar-refractivity contribution in [2.45, 2.75) is 64.0 Å². The maximum Gasteiger partial charge on any atom is 0.270 e. The Morgan fingerprint density at radius 2 is 2.03 bits per heavy atom. The van der Waals surface area contributed by atoms with Gasteiger partial charge in [-0.15, -0.1) is 0 Å². The standard InChI is InChI=1S/C26H32N2O4/c1-26-12-11-21-20-7-5-19(32-2)14-16(20)3-6-22(21)23(26)8-10-25(26)27-15-17-13-18(28(30)31)4-9-24(17)29/h4-5,7,9,13-14,21-23,25,27,29H,3,6,8,10-12,15H2,1-2H3/t21-,22-,23+,25+,26+/m1/s1. The van der Waals surface area contributed by atoms with E-state index in [0.29, 0.717) is 35.9 Å². The number of fused-ring (bicyclic) bond motifs is 5. The number of benzene rings is 2. The molecule has 6 heteroatoms. The Morgan fingerprint density at radius 1 is 1.19 bits per heavy atom. The zero-order valence-corrected chi connectivity index (χ0v) is 18.8. The van der Waals surface area contributed by atoms with Gasteiger partial charge >= 0.3 is 0 Å². The van der Waals surface area contributed by atoms with Gasteiger partial charge in [-0.25, -0.2) is 0 Å². The van der Waals surface area contributed by atoms with E-state index >= 15 is 0 Å². The van der Waals surface area contributed by atoms with Gasteiger partial charge in [0.1, 0.15) is 11.5 Å². The van der Waals surface area contributed by atoms with Gasteiger partial charge in [-0.2, -0.15) is 0 Å². The number of nitrogens with zero attached hydrogens (tertiary/aromatic N) is 1. The molecule has 3 aliphatic rings. The minimum absolute atomic E-state index is 0.0214. The predicted octanol–water partition coefficient (Wildman–Crippen LogP) is 5.32. The second-order valence-electron chi connectivity index (χ2n) is 10.1. The van der Waals surface area contributed by atoms with Crippen LogP contribution in [0.25, 0.3) is 0 Å². The van der Waals surface area contributed by atoms with Gasteiger partial charge in [-0.3, -0.25) is 10.1 Å². The molecular weight excluding hydrogens is 404 g/mol. The summed E-state index contributed by atoms with van der Waals surface area (Å²) in [6, 6.07) is 11.3. The summed E-state index contributed by atoms with van der Waals surface area (Å²) in [5.74, 6) is 3.12. The molecule has 0 amide bonds. The highest BCUT2D eigenvalue weighted by molar-refractivity contribution is 5.43. The lowest BCUT2D eigenvalue weighted by atomic mass is 9.55. The monoisotopic (exact) mass is 436 g/mol. The van der Waals surface area contributed by atoms with Crippen LogP contribution in [-0.4, -0.2) is 23.2 Å². The SMILES string of the molecule is COc1ccc2c(c1)CC[C@@H]1[C@@H]2CC[C@]2(C)[C@@H](NCc3cc([N+](=O)[O-])ccc3O)CC[C@@H]12. The molecule has 0 aromatic heterocycles. The maximum atomic E-state index is 11.1. The fourth-order valence-electron chi connectivity index (χ4n) is 7.08. The van der Waals surface area contributed by atoms with Crippen molar-refractivity contribution < 1.29 is 14.8 Å². The van der Waals surface area contributed by atoms with Crippen molar-refractivity contribution >= 4 is 5.69 Å². The van der Waals surface area contributed by atoms with Gasteiger partial charge in [0.15, 0.2) is 0 Å². The Labute approximate surface area is 189 Å². The molecule has 0 heterocycles. The van der Waals surface area contributed by atoms with Crippen molar-refractivity contribution in [3.05, 3.63) is 63.2 Å². The van der Waals surface area contributed by atoms with Gasteiger partial charge in [0.2, 0.25) is 0 Å². The summed E-state index contributed by atoms with van der Waals surface area (Å²) in [6.07, 6.45) is 7.10. The largest absolute Gasteiger partial charge is 0.508 e. The number of nitrogens with one attached hydrogen (secondary N) is 1. The molecular formula is C26H32N2O4. The Balaban J connectivity index is 1.32. The van der Waals surface area contributed by atoms with Crippen molar-refractivity contribution in [1.29, 1.82) is 0 Å². The van der Waals surface area contributed by atoms with Crippen LogP contribution in [0, 0.1) is 27.4 Å². The summed E-state index contributed by atoms with van der Waals surface area (Å²) < 4.78 is 5.44. The van der Waals surface area contributed by atoms with Gasteiger partial charge < -0.3 is 15.2 Å². The number of phenolic OH excluding ortho intramolecular Hbond substituents is 1. The number of hydrogen-bond acceptors (Lipinski definition) is 5. The van der Waals surface area contributed by atoms with Gasteiger partial charge in [0.05, 0.1) is 12.0 Å². The molecule has 5 rings (SSSR count). The molecule has 170 valence electrons. The van der Waals surface area contributed by atoms with Crippen molar-refractivity contribution in [3.63, 3.8) is 0 Å². The van der Waals surface area contributed by atoms with E-state index in [1.54, 1.807) is 7.11 Å². The molecule has 2 aromatic rings. The third-order valence-electron chi connectivity index (χ3n) is 8.75. The third-order valence-corrected chi connectivity index (χ3v) is 8.75. The molecule has 0 saturated heterocycles. The molecule has 0 bridgehead atoms. The fourth-order valence-corrected chi connectivity index (χ4v) is 7.08. The molecule has 5 atom stereocenters. The average Bonchev–Trinajstić information content (AvgIpc) is 3.14. The Kier molecular flexibility index (Phi) is 5.36. The lowest BCUT2D eigenvalue weighted by molar-refractivity contribution is -0.384. The topological polar surface area (TPSA) is 84.6 Å². The minimum Gasteiger partial charge on any atom is -0.508 e. The molecule has 0 radical (unpaired) electrons. The average molecular weight is 437 g/mol. The second kappa shape index (κ2) is 8.07. The molecule has 0 spiro atoms. The highest BCUT2D eigenvalue weighted by Gasteiger charge is 2.54. The first-order valence-corrected chi connectivity index (χ1v) is 11.8. The Bertz CT molecular complexity index is 1040. The molecule has 2 N–H and O–H groups in total. The molecule has 0 unspecified atom stereocenters. The number of non-ortho nitro benzene ring substituents is 1. The number of aryl methyl sites for hydroxylation is 1. The summed E-state index contributed by atoms with van der Waals surface area (Å²) in [7, 11) is 1.73. The summed E-state index contributed by atoms with van der Waals surface area (Å²) in [6.45, 7) is 2.90. The Hall–Kier alpha value is -2.60. The quantitative estimate of drug-likeness (QED) is 0.489. The van der Waals surface area contributed by atoms with Crippen LogP contribution in [0.2, 0.25) is 0 Å². The van der Waals surface area contributed by atoms with E-state index in [4.69, 9.17) is 4.74 Å². The molecule has 2 aromatic carbocycles. The molecule has 3 aliphatic carbocycles. The first-order chi connectivity index (χ1) is 15.4. The van der Waals surface area contributed by atoms with Gasteiger partial charge in [0.25, 0.3) is 5.69 Å². The van der Waals surface area contributed by atoms with Crippen LogP contribution in [-0.2, 0) is 13.0 Å². The molecule has 2 saturated carbocycles. The number of methoxy groups -OCH3 is 1. The van der Waals surface area contributed by atoms with Crippen LogP contribution < -0.4 is 10.1 Å². The van der Waals surface area contributed by atoms with Crippen molar-refractivity contribution in [2.24, 2.45) is 17.3 Å². The highest BCUT2D eigenvalue weighted by Crippen LogP contribution is 2.61. The lowest BCUT2D eigenvalue weighted by Crippen LogP contribution is -2.48. The summed E-state index contributed by atoms with van der Waals surface area (Å²) in [4.78, 5) is 10.7. The summed E-state index contributed by atoms with van der Waals surface area (Å²) >= 11 is 0. The summed E-state index contributed by atoms with van der Waals surface area (Å²) in [5, 5.41) is 25.0. The minimum atomic E-state index is -0.409. The van der Waals surface area contributed by atoms with Crippen LogP contribution >= 0.6 is 0 Å². The smallest absolute Gasteiger partial charge is 0.270 e. The maximum absolute atomic E-state index is 11.1. The third kappa shape index (κ3) is 3.45. The van der Waals surface area contributed by atoms with E-state index in [1.807, 2.05) is 0 Å². The molecule has 32 heavy (non-hydrogen) atoms. The lowest BCUT2D eigenvalue weighted by Gasteiger charge is -2.51. The van der Waals surface area contributed by atoms with Crippen LogP contribution in [0.4, 0.5) is 5.69 Å². The van der Waals surface area contributed by atoms with Crippen LogP contribution in [0.15, 0.2) is 36.4 Å². The Morgan fingerprint density at radius 3 is 2.81 bits per heavy atom. The van der Waals surface area contributed by atoms with Crippen LogP contribution in [0.5, 0.6) is 11.5 Å². The molecule has 0 aliphatic heterocycles. The number of ether oxygens (including phenoxy) is 1. The van der Waals surface area contributed by atoms with Crippen molar-refractivity contribution in [2.75, 3.05) is 7.11 Å². The van der Waals surface area contributed by atoms with E-state index in [9.17, 15) is 15.2 Å². The van der Waals surface area contributed by atoms with Crippen molar-refractivity contribution in [1.82, 2.24) is 5.32 Å². The first kappa shape index (κ1) is 21.3. The predicted molar refractivity (Wildman–Crippen MR) is 123 cm³/mol. The number of hydrogen-bond donors (Lipinski definition) is 2. The van der Waals surface area contributed by atoms with Gasteiger partial charge in [-0.1, -0.05) is 13.0 Å². The normalized spacial score (nSPS) is 30.8. The zero-order chi connectivity index (χ0) is 22.5. The van der Waals surface area contributed by atoms with E-state index in [2.05, 4.69) is 30.4 Å². The summed E-state index contributed by atoms with van der Waals surface area (Å²) in [5.41, 5.74) is 3.83. The number of rotatable bonds is 5. The molecule has 6 nitrogen and oxygen atoms in total. The zero-order valence-electron chi connectivity index (χ0n) is 18.8. The number of phenols is 1. The van der Waals surface area contributed by atoms with Crippen LogP contribution in [0.3, 0.4) is 0 Å². The number of nitro benzene ring substituents is 1. The van der Waals surface area contributed by atoms with E-state index in [-0.39, 0.29) is 16.9 Å². The van der Waals surface area contributed by atoms with Gasteiger partial charge in [0, 0.05) is 30.3 Å². The highest BCUT2D eigenvalue weighted by atomic mass is 16.6. The number of aromatic hydroxyl groups is 1. The van der Waals surface area contributed by atoms with E-state index < -0.39 is 4.92 Å².